The number of nitrogens with one attached hydrogen (secondary N) is 1. The zero-order valence-electron chi connectivity index (χ0n) is 4.81. The van der Waals surface area contributed by atoms with E-state index in [1.807, 2.05) is 0 Å². The molecule has 0 aromatic carbocycles. The zero-order chi connectivity index (χ0) is 5.40. The van der Waals surface area contributed by atoms with Crippen molar-refractivity contribution >= 4 is 0 Å². The Morgan fingerprint density at radius 3 is 2.75 bits per heavy atom. The largest absolute Gasteiger partial charge is 0.369 e. The van der Waals surface area contributed by atoms with Gasteiger partial charge in [-0.05, 0) is 12.8 Å². The lowest BCUT2D eigenvalue weighted by atomic mass is 10.0. The van der Waals surface area contributed by atoms with Crippen LogP contribution in [-0.4, -0.2) is 19.2 Å². The Morgan fingerprint density at radius 2 is 2.62 bits per heavy atom. The number of ether oxygens (including phenoxy) is 1. The van der Waals surface area contributed by atoms with Gasteiger partial charge in [-0.15, -0.1) is 0 Å². The van der Waals surface area contributed by atoms with E-state index in [1.54, 1.807) is 0 Å². The first-order valence-electron chi connectivity index (χ1n) is 3.16. The van der Waals surface area contributed by atoms with Crippen LogP contribution in [0.5, 0.6) is 0 Å². The number of hydrogen-bond donors (Lipinski definition) is 1. The van der Waals surface area contributed by atoms with Crippen LogP contribution in [0.25, 0.3) is 0 Å². The fraction of sp³-hybridized carbons (Fsp3) is 0.833. The molecule has 0 spiro atoms. The van der Waals surface area contributed by atoms with Crippen molar-refractivity contribution in [3.8, 4) is 0 Å². The molecule has 2 heteroatoms. The Balaban J connectivity index is 2.03. The topological polar surface area (TPSA) is 21.3 Å². The number of piperidine rings is 1. The van der Waals surface area contributed by atoms with Crippen LogP contribution in [0.3, 0.4) is 0 Å². The SMILES string of the molecule is C1CC2CO[C]1CN2. The van der Waals surface area contributed by atoms with Gasteiger partial charge in [-0.2, -0.15) is 0 Å². The molecule has 3 heterocycles. The second-order valence-electron chi connectivity index (χ2n) is 2.47. The first-order valence-corrected chi connectivity index (χ1v) is 3.16. The van der Waals surface area contributed by atoms with E-state index in [-0.39, 0.29) is 0 Å². The average Bonchev–Trinajstić information content (AvgIpc) is 1.92. The molecule has 2 bridgehead atoms. The van der Waals surface area contributed by atoms with Crippen molar-refractivity contribution in [2.75, 3.05) is 13.2 Å². The summed E-state index contributed by atoms with van der Waals surface area (Å²) in [6, 6.07) is 0.660. The van der Waals surface area contributed by atoms with E-state index in [9.17, 15) is 0 Å². The van der Waals surface area contributed by atoms with Gasteiger partial charge in [-0.3, -0.25) is 0 Å². The minimum atomic E-state index is 0.660. The van der Waals surface area contributed by atoms with E-state index in [0.717, 1.165) is 13.2 Å². The molecular weight excluding hydrogens is 102 g/mol. The average molecular weight is 112 g/mol. The van der Waals surface area contributed by atoms with Gasteiger partial charge in [0.05, 0.1) is 6.61 Å². The van der Waals surface area contributed by atoms with E-state index in [4.69, 9.17) is 4.74 Å². The van der Waals surface area contributed by atoms with Crippen molar-refractivity contribution in [3.63, 3.8) is 0 Å². The number of rotatable bonds is 0. The van der Waals surface area contributed by atoms with Crippen LogP contribution in [0.15, 0.2) is 0 Å². The molecule has 0 saturated carbocycles. The fourth-order valence-corrected chi connectivity index (χ4v) is 1.27. The molecule has 0 aromatic rings. The number of morpholine rings is 1. The Labute approximate surface area is 49.2 Å². The van der Waals surface area contributed by atoms with Crippen molar-refractivity contribution < 1.29 is 4.74 Å². The summed E-state index contributed by atoms with van der Waals surface area (Å²) < 4.78 is 5.33. The van der Waals surface area contributed by atoms with Gasteiger partial charge in [-0.25, -0.2) is 0 Å². The molecule has 1 radical (unpaired) electrons. The Morgan fingerprint density at radius 1 is 1.62 bits per heavy atom. The van der Waals surface area contributed by atoms with Crippen LogP contribution in [0.1, 0.15) is 12.8 Å². The molecule has 1 atom stereocenters. The zero-order valence-corrected chi connectivity index (χ0v) is 4.81. The van der Waals surface area contributed by atoms with Gasteiger partial charge in [0, 0.05) is 12.6 Å². The lowest BCUT2D eigenvalue weighted by molar-refractivity contribution is 0.0346. The second kappa shape index (κ2) is 1.71. The lowest BCUT2D eigenvalue weighted by Crippen LogP contribution is -2.47. The van der Waals surface area contributed by atoms with Crippen molar-refractivity contribution in [1.29, 1.82) is 0 Å². The fourth-order valence-electron chi connectivity index (χ4n) is 1.27. The lowest BCUT2D eigenvalue weighted by Gasteiger charge is -2.35. The second-order valence-corrected chi connectivity index (χ2v) is 2.47. The highest BCUT2D eigenvalue weighted by Crippen LogP contribution is 2.23. The van der Waals surface area contributed by atoms with E-state index in [2.05, 4.69) is 5.32 Å². The van der Waals surface area contributed by atoms with Gasteiger partial charge in [0.1, 0.15) is 6.10 Å². The molecule has 2 nitrogen and oxygen atoms in total. The maximum atomic E-state index is 5.33. The molecule has 3 rings (SSSR count). The van der Waals surface area contributed by atoms with E-state index in [0.29, 0.717) is 6.04 Å². The van der Waals surface area contributed by atoms with Gasteiger partial charge in [0.15, 0.2) is 0 Å². The third-order valence-electron chi connectivity index (χ3n) is 1.85. The summed E-state index contributed by atoms with van der Waals surface area (Å²) in [4.78, 5) is 0. The first-order chi connectivity index (χ1) is 3.95. The summed E-state index contributed by atoms with van der Waals surface area (Å²) in [5.41, 5.74) is 0. The third-order valence-corrected chi connectivity index (χ3v) is 1.85. The highest BCUT2D eigenvalue weighted by Gasteiger charge is 2.27. The first kappa shape index (κ1) is 4.77. The Hall–Kier alpha value is -0.0800. The van der Waals surface area contributed by atoms with Crippen molar-refractivity contribution in [1.82, 2.24) is 5.32 Å². The summed E-state index contributed by atoms with van der Waals surface area (Å²) in [5, 5.41) is 3.36. The Kier molecular flexibility index (Phi) is 1.02. The molecular formula is C6H10NO. The number of hydrogen-bond acceptors (Lipinski definition) is 2. The Bertz CT molecular complexity index is 63.5. The summed E-state index contributed by atoms with van der Waals surface area (Å²) in [6.07, 6.45) is 3.74. The molecule has 1 unspecified atom stereocenters. The summed E-state index contributed by atoms with van der Waals surface area (Å²) in [6.45, 7) is 1.92. The molecule has 3 aliphatic rings. The molecule has 0 aromatic heterocycles. The van der Waals surface area contributed by atoms with Crippen LogP contribution >= 0.6 is 0 Å². The van der Waals surface area contributed by atoms with Crippen LogP contribution in [-0.2, 0) is 4.74 Å². The van der Waals surface area contributed by atoms with Crippen LogP contribution in [0.2, 0.25) is 0 Å². The molecule has 3 fully saturated rings. The van der Waals surface area contributed by atoms with Gasteiger partial charge in [-0.1, -0.05) is 0 Å². The van der Waals surface area contributed by atoms with Crippen LogP contribution < -0.4 is 5.32 Å². The summed E-state index contributed by atoms with van der Waals surface area (Å²) in [7, 11) is 0. The molecule has 0 aliphatic carbocycles. The highest BCUT2D eigenvalue weighted by atomic mass is 16.5. The molecule has 3 saturated heterocycles. The minimum absolute atomic E-state index is 0.660. The van der Waals surface area contributed by atoms with Crippen molar-refractivity contribution in [3.05, 3.63) is 6.10 Å². The van der Waals surface area contributed by atoms with Crippen LogP contribution in [0.4, 0.5) is 0 Å². The van der Waals surface area contributed by atoms with Crippen LogP contribution in [0, 0.1) is 6.10 Å². The molecule has 0 amide bonds. The third kappa shape index (κ3) is 0.644. The number of fused-ring (bicyclic) bond motifs is 3. The van der Waals surface area contributed by atoms with E-state index in [1.165, 1.54) is 18.9 Å². The smallest absolute Gasteiger partial charge is 0.111 e. The van der Waals surface area contributed by atoms with Gasteiger partial charge >= 0.3 is 0 Å². The highest BCUT2D eigenvalue weighted by molar-refractivity contribution is 4.95. The maximum absolute atomic E-state index is 5.33. The molecule has 8 heavy (non-hydrogen) atoms. The predicted molar refractivity (Wildman–Crippen MR) is 30.2 cm³/mol. The van der Waals surface area contributed by atoms with Gasteiger partial charge < -0.3 is 10.1 Å². The summed E-state index contributed by atoms with van der Waals surface area (Å²) in [5.74, 6) is 0. The van der Waals surface area contributed by atoms with E-state index < -0.39 is 0 Å². The summed E-state index contributed by atoms with van der Waals surface area (Å²) >= 11 is 0. The normalized spacial score (nSPS) is 38.2. The van der Waals surface area contributed by atoms with Gasteiger partial charge in [0.2, 0.25) is 0 Å². The molecule has 3 aliphatic heterocycles. The van der Waals surface area contributed by atoms with Gasteiger partial charge in [0.25, 0.3) is 0 Å². The standard InChI is InChI=1S/C6H10NO/c1-2-6-3-7-5(1)4-8-6/h5,7H,1-4H2. The minimum Gasteiger partial charge on any atom is -0.369 e. The van der Waals surface area contributed by atoms with Crippen molar-refractivity contribution in [2.24, 2.45) is 0 Å². The molecule has 1 N–H and O–H groups in total. The monoisotopic (exact) mass is 112 g/mol. The predicted octanol–water partition coefficient (Wildman–Crippen LogP) is 0.301. The van der Waals surface area contributed by atoms with E-state index >= 15 is 0 Å². The molecule has 45 valence electrons. The van der Waals surface area contributed by atoms with Crippen molar-refractivity contribution in [2.45, 2.75) is 18.9 Å². The maximum Gasteiger partial charge on any atom is 0.111 e. The quantitative estimate of drug-likeness (QED) is 0.486.